The van der Waals surface area contributed by atoms with Crippen LogP contribution in [0.15, 0.2) is 24.7 Å². The Bertz CT molecular complexity index is 638. The van der Waals surface area contributed by atoms with Gasteiger partial charge in [-0.05, 0) is 37.7 Å². The molecule has 2 aromatic heterocycles. The van der Waals surface area contributed by atoms with E-state index in [9.17, 15) is 0 Å². The van der Waals surface area contributed by atoms with Gasteiger partial charge >= 0.3 is 0 Å². The molecule has 1 N–H and O–H groups in total. The first kappa shape index (κ1) is 14.6. The highest BCUT2D eigenvalue weighted by Gasteiger charge is 2.44. The van der Waals surface area contributed by atoms with E-state index in [-0.39, 0.29) is 0 Å². The molecule has 6 heteroatoms. The molecule has 0 aromatic carbocycles. The van der Waals surface area contributed by atoms with Crippen molar-refractivity contribution in [2.24, 2.45) is 11.8 Å². The minimum absolute atomic E-state index is 0.573. The number of aromatic amines is 1. The number of anilines is 1. The van der Waals surface area contributed by atoms with Gasteiger partial charge in [-0.2, -0.15) is 5.10 Å². The Morgan fingerprint density at radius 2 is 2.17 bits per heavy atom. The topological polar surface area (TPSA) is 60.9 Å². The second-order valence-corrected chi connectivity index (χ2v) is 6.97. The number of rotatable bonds is 4. The van der Waals surface area contributed by atoms with Crippen molar-refractivity contribution in [1.29, 1.82) is 0 Å². The highest BCUT2D eigenvalue weighted by molar-refractivity contribution is 5.37. The third kappa shape index (κ3) is 2.83. The van der Waals surface area contributed by atoms with E-state index in [0.717, 1.165) is 36.4 Å². The molecular formula is C17H24N6. The van der Waals surface area contributed by atoms with Gasteiger partial charge in [-0.25, -0.2) is 4.98 Å². The average molecular weight is 312 g/mol. The summed E-state index contributed by atoms with van der Waals surface area (Å²) < 4.78 is 0. The van der Waals surface area contributed by atoms with E-state index in [1.165, 1.54) is 25.1 Å². The summed E-state index contributed by atoms with van der Waals surface area (Å²) in [4.78, 5) is 13.9. The van der Waals surface area contributed by atoms with Gasteiger partial charge in [0.15, 0.2) is 0 Å². The smallest absolute Gasteiger partial charge is 0.147 e. The van der Waals surface area contributed by atoms with Gasteiger partial charge in [-0.1, -0.05) is 0 Å². The quantitative estimate of drug-likeness (QED) is 0.933. The third-order valence-corrected chi connectivity index (χ3v) is 5.47. The van der Waals surface area contributed by atoms with Crippen LogP contribution >= 0.6 is 0 Å². The number of aryl methyl sites for hydroxylation is 1. The van der Waals surface area contributed by atoms with E-state index in [0.29, 0.717) is 6.04 Å². The summed E-state index contributed by atoms with van der Waals surface area (Å²) in [5.41, 5.74) is 2.18. The van der Waals surface area contributed by atoms with Gasteiger partial charge in [0.05, 0.1) is 18.1 Å². The molecule has 1 saturated carbocycles. The predicted octanol–water partition coefficient (Wildman–Crippen LogP) is 1.85. The van der Waals surface area contributed by atoms with E-state index < -0.39 is 0 Å². The molecule has 2 aliphatic rings. The molecule has 0 radical (unpaired) electrons. The highest BCUT2D eigenvalue weighted by Crippen LogP contribution is 2.41. The summed E-state index contributed by atoms with van der Waals surface area (Å²) in [5.74, 6) is 2.53. The zero-order valence-electron chi connectivity index (χ0n) is 13.8. The Morgan fingerprint density at radius 1 is 1.26 bits per heavy atom. The van der Waals surface area contributed by atoms with Crippen LogP contribution in [0.1, 0.15) is 24.2 Å². The molecule has 1 aliphatic carbocycles. The van der Waals surface area contributed by atoms with Crippen LogP contribution in [-0.4, -0.2) is 51.2 Å². The van der Waals surface area contributed by atoms with Crippen LogP contribution in [0, 0.1) is 18.8 Å². The van der Waals surface area contributed by atoms with Crippen molar-refractivity contribution in [3.05, 3.63) is 36.0 Å². The van der Waals surface area contributed by atoms with Gasteiger partial charge < -0.3 is 4.90 Å². The van der Waals surface area contributed by atoms with E-state index in [2.05, 4.69) is 43.1 Å². The summed E-state index contributed by atoms with van der Waals surface area (Å²) in [6, 6.07) is 2.64. The maximum Gasteiger partial charge on any atom is 0.147 e. The summed E-state index contributed by atoms with van der Waals surface area (Å²) in [6.45, 7) is 5.33. The Morgan fingerprint density at radius 3 is 2.91 bits per heavy atom. The fourth-order valence-electron chi connectivity index (χ4n) is 4.29. The van der Waals surface area contributed by atoms with Crippen LogP contribution in [0.3, 0.4) is 0 Å². The molecule has 2 fully saturated rings. The minimum atomic E-state index is 0.573. The molecular weight excluding hydrogens is 288 g/mol. The zero-order valence-corrected chi connectivity index (χ0v) is 13.8. The molecule has 2 aromatic rings. The van der Waals surface area contributed by atoms with Crippen molar-refractivity contribution in [3.63, 3.8) is 0 Å². The normalized spacial score (nSPS) is 27.3. The molecule has 1 aliphatic heterocycles. The lowest BCUT2D eigenvalue weighted by Crippen LogP contribution is -2.38. The summed E-state index contributed by atoms with van der Waals surface area (Å²) >= 11 is 0. The highest BCUT2D eigenvalue weighted by atomic mass is 15.2. The van der Waals surface area contributed by atoms with Crippen molar-refractivity contribution in [1.82, 2.24) is 25.1 Å². The molecule has 0 spiro atoms. The lowest BCUT2D eigenvalue weighted by atomic mass is 9.97. The van der Waals surface area contributed by atoms with Crippen molar-refractivity contribution in [3.8, 4) is 0 Å². The predicted molar refractivity (Wildman–Crippen MR) is 89.0 cm³/mol. The Hall–Kier alpha value is -1.95. The maximum atomic E-state index is 4.55. The fourth-order valence-corrected chi connectivity index (χ4v) is 4.29. The molecule has 6 nitrogen and oxygen atoms in total. The Labute approximate surface area is 136 Å². The van der Waals surface area contributed by atoms with E-state index in [1.54, 1.807) is 0 Å². The van der Waals surface area contributed by atoms with E-state index >= 15 is 0 Å². The number of H-pyrrole nitrogens is 1. The number of fused-ring (bicyclic) bond motifs is 1. The van der Waals surface area contributed by atoms with Crippen LogP contribution in [0.2, 0.25) is 0 Å². The fraction of sp³-hybridized carbons (Fsp3) is 0.588. The second kappa shape index (κ2) is 5.92. The van der Waals surface area contributed by atoms with Gasteiger partial charge in [0.2, 0.25) is 0 Å². The largest absolute Gasteiger partial charge is 0.355 e. The maximum absolute atomic E-state index is 4.55. The van der Waals surface area contributed by atoms with E-state index in [1.807, 2.05) is 25.5 Å². The number of aromatic nitrogens is 4. The molecule has 23 heavy (non-hydrogen) atoms. The van der Waals surface area contributed by atoms with Crippen LogP contribution in [0.4, 0.5) is 5.82 Å². The van der Waals surface area contributed by atoms with Crippen molar-refractivity contribution in [2.75, 3.05) is 25.0 Å². The molecule has 1 saturated heterocycles. The number of hydrogen-bond donors (Lipinski definition) is 1. The van der Waals surface area contributed by atoms with Gasteiger partial charge in [-0.15, -0.1) is 0 Å². The molecule has 0 amide bonds. The number of likely N-dealkylation sites (tertiary alicyclic amines) is 1. The minimum Gasteiger partial charge on any atom is -0.355 e. The standard InChI is InChI=1S/C17H24N6/c1-12-7-19-17(8-18-12)22(2)16-4-3-13-9-23(11-15(13)16)10-14-5-6-20-21-14/h5-8,13,15-16H,3-4,9-11H2,1-2H3,(H,20,21)/t13-,15+,16-/m1/s1. The van der Waals surface area contributed by atoms with Crippen LogP contribution in [-0.2, 0) is 6.54 Å². The Balaban J connectivity index is 1.44. The van der Waals surface area contributed by atoms with Gasteiger partial charge in [-0.3, -0.25) is 15.0 Å². The molecule has 3 atom stereocenters. The first-order valence-electron chi connectivity index (χ1n) is 8.43. The lowest BCUT2D eigenvalue weighted by Gasteiger charge is -2.30. The average Bonchev–Trinajstić information content (AvgIpc) is 3.25. The first-order chi connectivity index (χ1) is 11.2. The summed E-state index contributed by atoms with van der Waals surface area (Å²) in [5, 5.41) is 7.13. The van der Waals surface area contributed by atoms with Gasteiger partial charge in [0.25, 0.3) is 0 Å². The zero-order chi connectivity index (χ0) is 15.8. The van der Waals surface area contributed by atoms with Crippen molar-refractivity contribution in [2.45, 2.75) is 32.4 Å². The van der Waals surface area contributed by atoms with Gasteiger partial charge in [0.1, 0.15) is 5.82 Å². The van der Waals surface area contributed by atoms with Gasteiger partial charge in [0, 0.05) is 44.6 Å². The molecule has 0 unspecified atom stereocenters. The second-order valence-electron chi connectivity index (χ2n) is 6.97. The first-order valence-corrected chi connectivity index (χ1v) is 8.43. The third-order valence-electron chi connectivity index (χ3n) is 5.47. The summed E-state index contributed by atoms with van der Waals surface area (Å²) in [7, 11) is 2.17. The monoisotopic (exact) mass is 312 g/mol. The SMILES string of the molecule is Cc1cnc(N(C)[C@@H]2CC[C@@H]3CN(Cc4ccn[nH]4)C[C@@H]32)cn1. The molecule has 122 valence electrons. The number of nitrogens with zero attached hydrogens (tertiary/aromatic N) is 5. The number of hydrogen-bond acceptors (Lipinski definition) is 5. The Kier molecular flexibility index (Phi) is 3.77. The molecule has 0 bridgehead atoms. The van der Waals surface area contributed by atoms with Crippen LogP contribution in [0.5, 0.6) is 0 Å². The molecule has 4 rings (SSSR count). The lowest BCUT2D eigenvalue weighted by molar-refractivity contribution is 0.293. The van der Waals surface area contributed by atoms with Crippen LogP contribution in [0.25, 0.3) is 0 Å². The number of nitrogens with one attached hydrogen (secondary N) is 1. The van der Waals surface area contributed by atoms with Crippen LogP contribution < -0.4 is 4.90 Å². The van der Waals surface area contributed by atoms with Crippen molar-refractivity contribution >= 4 is 5.82 Å². The summed E-state index contributed by atoms with van der Waals surface area (Å²) in [6.07, 6.45) is 8.17. The van der Waals surface area contributed by atoms with Crippen molar-refractivity contribution < 1.29 is 0 Å². The van der Waals surface area contributed by atoms with E-state index in [4.69, 9.17) is 0 Å². The molecule has 3 heterocycles.